The van der Waals surface area contributed by atoms with Crippen LogP contribution >= 0.6 is 0 Å². The Labute approximate surface area is 109 Å². The molecule has 0 saturated carbocycles. The fourth-order valence-electron chi connectivity index (χ4n) is 1.85. The van der Waals surface area contributed by atoms with Crippen molar-refractivity contribution in [1.29, 1.82) is 0 Å². The molecule has 2 aromatic rings. The molecule has 0 amide bonds. The maximum atomic E-state index is 5.50. The van der Waals surface area contributed by atoms with Crippen molar-refractivity contribution in [3.8, 4) is 0 Å². The lowest BCUT2D eigenvalue weighted by molar-refractivity contribution is 0.00763. The first-order chi connectivity index (χ1) is 8.84. The molecule has 2 heteroatoms. The SMILES string of the molecule is CC(Cc1ccccc1)NOCc1ccccc1. The van der Waals surface area contributed by atoms with E-state index in [1.54, 1.807) is 0 Å². The standard InChI is InChI=1S/C16H19NO/c1-14(12-15-8-4-2-5-9-15)17-18-13-16-10-6-3-7-11-16/h2-11,14,17H,12-13H2,1H3. The summed E-state index contributed by atoms with van der Waals surface area (Å²) in [5, 5.41) is 0. The van der Waals surface area contributed by atoms with Crippen molar-refractivity contribution in [2.45, 2.75) is 26.0 Å². The number of hydroxylamine groups is 1. The van der Waals surface area contributed by atoms with E-state index in [0.29, 0.717) is 12.6 Å². The molecule has 2 rings (SSSR count). The van der Waals surface area contributed by atoms with E-state index in [1.807, 2.05) is 24.3 Å². The average molecular weight is 241 g/mol. The highest BCUT2D eigenvalue weighted by atomic mass is 16.6. The lowest BCUT2D eigenvalue weighted by Crippen LogP contribution is -2.28. The van der Waals surface area contributed by atoms with Crippen LogP contribution in [0.25, 0.3) is 0 Å². The second kappa shape index (κ2) is 6.94. The van der Waals surface area contributed by atoms with E-state index in [1.165, 1.54) is 11.1 Å². The molecule has 2 aromatic carbocycles. The van der Waals surface area contributed by atoms with Gasteiger partial charge in [-0.15, -0.1) is 0 Å². The summed E-state index contributed by atoms with van der Waals surface area (Å²) in [5.41, 5.74) is 5.58. The van der Waals surface area contributed by atoms with Crippen LogP contribution < -0.4 is 5.48 Å². The molecule has 0 aromatic heterocycles. The van der Waals surface area contributed by atoms with Crippen molar-refractivity contribution in [2.24, 2.45) is 0 Å². The van der Waals surface area contributed by atoms with Crippen LogP contribution in [0.5, 0.6) is 0 Å². The predicted molar refractivity (Wildman–Crippen MR) is 74.0 cm³/mol. The minimum absolute atomic E-state index is 0.302. The lowest BCUT2D eigenvalue weighted by atomic mass is 10.1. The first-order valence-corrected chi connectivity index (χ1v) is 6.30. The van der Waals surface area contributed by atoms with E-state index in [4.69, 9.17) is 4.84 Å². The van der Waals surface area contributed by atoms with Crippen molar-refractivity contribution >= 4 is 0 Å². The third-order valence-electron chi connectivity index (χ3n) is 2.75. The molecule has 94 valence electrons. The Morgan fingerprint density at radius 2 is 1.44 bits per heavy atom. The minimum Gasteiger partial charge on any atom is -0.297 e. The van der Waals surface area contributed by atoms with Gasteiger partial charge in [0.25, 0.3) is 0 Å². The van der Waals surface area contributed by atoms with Gasteiger partial charge in [0.1, 0.15) is 0 Å². The van der Waals surface area contributed by atoms with E-state index < -0.39 is 0 Å². The summed E-state index contributed by atoms with van der Waals surface area (Å²) in [4.78, 5) is 5.50. The quantitative estimate of drug-likeness (QED) is 0.783. The van der Waals surface area contributed by atoms with Crippen LogP contribution in [0.3, 0.4) is 0 Å². The Morgan fingerprint density at radius 1 is 0.889 bits per heavy atom. The zero-order chi connectivity index (χ0) is 12.6. The maximum absolute atomic E-state index is 5.50. The molecule has 0 spiro atoms. The van der Waals surface area contributed by atoms with E-state index in [0.717, 1.165) is 6.42 Å². The molecule has 0 aliphatic rings. The molecule has 0 aliphatic carbocycles. The van der Waals surface area contributed by atoms with Crippen molar-refractivity contribution in [1.82, 2.24) is 5.48 Å². The van der Waals surface area contributed by atoms with Crippen LogP contribution in [0.1, 0.15) is 18.1 Å². The third-order valence-corrected chi connectivity index (χ3v) is 2.75. The fraction of sp³-hybridized carbons (Fsp3) is 0.250. The third kappa shape index (κ3) is 4.32. The lowest BCUT2D eigenvalue weighted by Gasteiger charge is -2.13. The molecular weight excluding hydrogens is 222 g/mol. The Balaban J connectivity index is 1.71. The van der Waals surface area contributed by atoms with Crippen molar-refractivity contribution < 1.29 is 4.84 Å². The number of nitrogens with one attached hydrogen (secondary N) is 1. The van der Waals surface area contributed by atoms with E-state index in [2.05, 4.69) is 48.8 Å². The van der Waals surface area contributed by atoms with Gasteiger partial charge >= 0.3 is 0 Å². The topological polar surface area (TPSA) is 21.3 Å². The average Bonchev–Trinajstić information content (AvgIpc) is 2.41. The van der Waals surface area contributed by atoms with E-state index >= 15 is 0 Å². The maximum Gasteiger partial charge on any atom is 0.0933 e. The van der Waals surface area contributed by atoms with E-state index in [-0.39, 0.29) is 0 Å². The molecular formula is C16H19NO. The monoisotopic (exact) mass is 241 g/mol. The molecule has 2 nitrogen and oxygen atoms in total. The van der Waals surface area contributed by atoms with Gasteiger partial charge in [-0.1, -0.05) is 60.7 Å². The second-order valence-electron chi connectivity index (χ2n) is 4.48. The number of hydrogen-bond acceptors (Lipinski definition) is 2. The van der Waals surface area contributed by atoms with Crippen LogP contribution in [0.2, 0.25) is 0 Å². The first kappa shape index (κ1) is 12.8. The van der Waals surface area contributed by atoms with Gasteiger partial charge in [0.05, 0.1) is 6.61 Å². The molecule has 0 heterocycles. The molecule has 0 radical (unpaired) electrons. The van der Waals surface area contributed by atoms with Gasteiger partial charge in [0.2, 0.25) is 0 Å². The second-order valence-corrected chi connectivity index (χ2v) is 4.48. The van der Waals surface area contributed by atoms with Crippen molar-refractivity contribution in [2.75, 3.05) is 0 Å². The molecule has 0 saturated heterocycles. The van der Waals surface area contributed by atoms with Gasteiger partial charge in [0.15, 0.2) is 0 Å². The summed E-state index contributed by atoms with van der Waals surface area (Å²) in [6, 6.07) is 20.9. The summed E-state index contributed by atoms with van der Waals surface area (Å²) in [7, 11) is 0. The Bertz CT molecular complexity index is 441. The highest BCUT2D eigenvalue weighted by Gasteiger charge is 2.02. The van der Waals surface area contributed by atoms with Gasteiger partial charge in [-0.05, 0) is 24.5 Å². The highest BCUT2D eigenvalue weighted by molar-refractivity contribution is 5.15. The van der Waals surface area contributed by atoms with Crippen molar-refractivity contribution in [3.05, 3.63) is 71.8 Å². The Kier molecular flexibility index (Phi) is 4.94. The Hall–Kier alpha value is -1.64. The molecule has 0 aliphatic heterocycles. The summed E-state index contributed by atoms with van der Waals surface area (Å²) in [5.74, 6) is 0. The zero-order valence-electron chi connectivity index (χ0n) is 10.7. The van der Waals surface area contributed by atoms with Gasteiger partial charge in [-0.3, -0.25) is 4.84 Å². The number of hydrogen-bond donors (Lipinski definition) is 1. The van der Waals surface area contributed by atoms with Crippen LogP contribution in [-0.4, -0.2) is 6.04 Å². The summed E-state index contributed by atoms with van der Waals surface area (Å²) in [6.45, 7) is 2.72. The normalized spacial score (nSPS) is 12.3. The summed E-state index contributed by atoms with van der Waals surface area (Å²) in [6.07, 6.45) is 0.968. The highest BCUT2D eigenvalue weighted by Crippen LogP contribution is 2.04. The molecule has 0 fully saturated rings. The summed E-state index contributed by atoms with van der Waals surface area (Å²) < 4.78 is 0. The van der Waals surface area contributed by atoms with Crippen LogP contribution in [0.4, 0.5) is 0 Å². The van der Waals surface area contributed by atoms with Crippen LogP contribution in [0, 0.1) is 0 Å². The van der Waals surface area contributed by atoms with Gasteiger partial charge < -0.3 is 0 Å². The number of benzene rings is 2. The van der Waals surface area contributed by atoms with Gasteiger partial charge in [-0.25, -0.2) is 0 Å². The minimum atomic E-state index is 0.302. The van der Waals surface area contributed by atoms with Crippen LogP contribution in [0.15, 0.2) is 60.7 Å². The largest absolute Gasteiger partial charge is 0.297 e. The van der Waals surface area contributed by atoms with Crippen LogP contribution in [-0.2, 0) is 17.9 Å². The molecule has 18 heavy (non-hydrogen) atoms. The Morgan fingerprint density at radius 3 is 2.06 bits per heavy atom. The molecule has 1 N–H and O–H groups in total. The predicted octanol–water partition coefficient (Wildman–Crippen LogP) is 3.34. The molecule has 0 bridgehead atoms. The zero-order valence-corrected chi connectivity index (χ0v) is 10.7. The van der Waals surface area contributed by atoms with Gasteiger partial charge in [-0.2, -0.15) is 5.48 Å². The van der Waals surface area contributed by atoms with E-state index in [9.17, 15) is 0 Å². The molecule has 1 atom stereocenters. The summed E-state index contributed by atoms with van der Waals surface area (Å²) >= 11 is 0. The fourth-order valence-corrected chi connectivity index (χ4v) is 1.85. The van der Waals surface area contributed by atoms with Crippen molar-refractivity contribution in [3.63, 3.8) is 0 Å². The smallest absolute Gasteiger partial charge is 0.0933 e. The molecule has 1 unspecified atom stereocenters. The van der Waals surface area contributed by atoms with Gasteiger partial charge in [0, 0.05) is 6.04 Å². The first-order valence-electron chi connectivity index (χ1n) is 6.30. The number of rotatable bonds is 6.